The molecule has 30 nitrogen and oxygen atoms in total. The molecule has 4 rings (SSSR count). The van der Waals surface area contributed by atoms with Crippen LogP contribution >= 0.6 is 11.8 Å². The van der Waals surface area contributed by atoms with Crippen LogP contribution < -0.4 is 48.4 Å². The number of urea groups is 1. The van der Waals surface area contributed by atoms with Gasteiger partial charge in [-0.05, 0) is 92.4 Å². The maximum atomic E-state index is 14.8. The molecule has 0 saturated carbocycles. The summed E-state index contributed by atoms with van der Waals surface area (Å²) in [6.07, 6.45) is 0.374. The lowest BCUT2D eigenvalue weighted by Crippen LogP contribution is -2.60. The third-order valence-corrected chi connectivity index (χ3v) is 20.4. The first-order valence-electron chi connectivity index (χ1n) is 36.3. The zero-order chi connectivity index (χ0) is 77.5. The molecule has 2 saturated heterocycles. The van der Waals surface area contributed by atoms with E-state index < -0.39 is 131 Å². The van der Waals surface area contributed by atoms with Crippen LogP contribution in [-0.4, -0.2) is 228 Å². The van der Waals surface area contributed by atoms with E-state index in [9.17, 15) is 62.6 Å². The lowest BCUT2D eigenvalue weighted by Gasteiger charge is -2.41. The molecule has 2 aliphatic rings. The minimum absolute atomic E-state index is 0.0445. The summed E-state index contributed by atoms with van der Waals surface area (Å²) in [6, 6.07) is 8.58. The zero-order valence-electron chi connectivity index (χ0n) is 63.2. The molecule has 31 heteroatoms. The second kappa shape index (κ2) is 44.7. The van der Waals surface area contributed by atoms with Gasteiger partial charge in [0, 0.05) is 91.7 Å². The van der Waals surface area contributed by atoms with Gasteiger partial charge in [0.05, 0.1) is 54.0 Å². The van der Waals surface area contributed by atoms with Gasteiger partial charge in [0.1, 0.15) is 30.8 Å². The van der Waals surface area contributed by atoms with Crippen LogP contribution in [0.5, 0.6) is 0 Å². The van der Waals surface area contributed by atoms with E-state index in [1.807, 2.05) is 37.5 Å². The van der Waals surface area contributed by atoms with Crippen LogP contribution in [0.15, 0.2) is 54.6 Å². The van der Waals surface area contributed by atoms with E-state index in [-0.39, 0.29) is 100 Å². The van der Waals surface area contributed by atoms with Crippen LogP contribution in [0.25, 0.3) is 0 Å². The van der Waals surface area contributed by atoms with E-state index in [1.54, 1.807) is 109 Å². The Hall–Kier alpha value is -7.97. The molecule has 2 aromatic carbocycles. The van der Waals surface area contributed by atoms with Crippen molar-refractivity contribution in [3.8, 4) is 0 Å². The van der Waals surface area contributed by atoms with Crippen molar-refractivity contribution in [1.82, 2.24) is 57.0 Å². The highest BCUT2D eigenvalue weighted by atomic mass is 32.2. The maximum Gasteiger partial charge on any atom is 0.410 e. The predicted octanol–water partition coefficient (Wildman–Crippen LogP) is 4.50. The number of carbonyl (C=O) groups excluding carboxylic acids is 12. The van der Waals surface area contributed by atoms with Crippen molar-refractivity contribution in [2.75, 3.05) is 72.1 Å². The number of unbranched alkanes of at least 4 members (excludes halogenated alkanes) is 2. The molecule has 2 heterocycles. The van der Waals surface area contributed by atoms with Crippen molar-refractivity contribution in [1.29, 1.82) is 0 Å². The van der Waals surface area contributed by atoms with E-state index in [2.05, 4.69) is 37.2 Å². The number of hydrogen-bond acceptors (Lipinski definition) is 19. The number of nitrogens with two attached hydrogens (primary N) is 1. The number of imide groups is 1. The van der Waals surface area contributed by atoms with Gasteiger partial charge in [-0.3, -0.25) is 57.7 Å². The standard InChI is InChI=1S/C73H117N13O17S/c1-15-46(8)63(54(101-13)40-58(89)85-38-23-27-53(85)65(102-14)47(9)66(92)78-48(10)64(91)50-24-18-16-19-25-50)83(11)71(97)61(44(4)5)82-69(95)62(45(6)7)84(12)73(99)103-42-49-29-31-51(32-30-49)79-67(93)52(26-22-34-76-72(74)98)80-68(94)60(43(2)3)81-57(88)28-20-17-21-37-86-59(90)41-55(70(86)96)104-39-36-75-56(87)33-35-77-100/h16,18-19,24-25,29-32,43-48,52-55,60-65,77,91,100H,15,17,20-23,26-28,33-42H2,1-14H3,(H,75,87)(H,78,92)(H,79,93)(H,80,94)(H,81,88)(H,82,95)(H3,74,76,98)/t46-,47+,48+,52-,53-,54+,55?,60-,61?,62-,63-,64+,65+/m0/s1. The normalized spacial score (nSPS) is 17.7. The number of methoxy groups -OCH3 is 2. The molecule has 0 bridgehead atoms. The van der Waals surface area contributed by atoms with Crippen LogP contribution in [0, 0.1) is 29.6 Å². The molecule has 0 radical (unpaired) electrons. The van der Waals surface area contributed by atoms with E-state index in [1.165, 1.54) is 42.8 Å². The molecule has 2 aliphatic heterocycles. The molecule has 0 spiro atoms. The number of nitrogens with zero attached hydrogens (tertiary/aromatic N) is 4. The monoisotopic (exact) mass is 1480 g/mol. The fraction of sp³-hybridized carbons (Fsp3) is 0.671. The van der Waals surface area contributed by atoms with Crippen molar-refractivity contribution in [2.45, 2.75) is 219 Å². The van der Waals surface area contributed by atoms with E-state index in [0.29, 0.717) is 74.2 Å². The molecule has 2 aromatic rings. The summed E-state index contributed by atoms with van der Waals surface area (Å²) in [7, 11) is 6.06. The Bertz CT molecular complexity index is 3130. The molecule has 0 aromatic heterocycles. The highest BCUT2D eigenvalue weighted by Crippen LogP contribution is 2.31. The van der Waals surface area contributed by atoms with Gasteiger partial charge in [-0.1, -0.05) is 118 Å². The fourth-order valence-corrected chi connectivity index (χ4v) is 14.1. The van der Waals surface area contributed by atoms with Crippen molar-refractivity contribution < 1.29 is 82.1 Å². The lowest BCUT2D eigenvalue weighted by molar-refractivity contribution is -0.148. The Labute approximate surface area is 616 Å². The van der Waals surface area contributed by atoms with E-state index in [0.717, 1.165) is 0 Å². The molecular weight excluding hydrogens is 1360 g/mol. The smallest absolute Gasteiger partial charge is 0.410 e. The third kappa shape index (κ3) is 27.2. The van der Waals surface area contributed by atoms with Crippen LogP contribution in [0.3, 0.4) is 0 Å². The summed E-state index contributed by atoms with van der Waals surface area (Å²) >= 11 is 1.29. The number of carbonyl (C=O) groups is 12. The van der Waals surface area contributed by atoms with Gasteiger partial charge in [-0.15, -0.1) is 11.8 Å². The molecule has 12 N–H and O–H groups in total. The predicted molar refractivity (Wildman–Crippen MR) is 393 cm³/mol. The van der Waals surface area contributed by atoms with Gasteiger partial charge in [0.25, 0.3) is 0 Å². The van der Waals surface area contributed by atoms with Gasteiger partial charge in [-0.25, -0.2) is 15.1 Å². The zero-order valence-corrected chi connectivity index (χ0v) is 64.0. The number of primary amides is 1. The first-order chi connectivity index (χ1) is 49.3. The number of aliphatic hydroxyl groups excluding tert-OH is 1. The van der Waals surface area contributed by atoms with Crippen LogP contribution in [0.2, 0.25) is 0 Å². The van der Waals surface area contributed by atoms with Crippen LogP contribution in [-0.2, 0) is 68.8 Å². The van der Waals surface area contributed by atoms with Gasteiger partial charge in [-0.2, -0.15) is 0 Å². The third-order valence-electron chi connectivity index (χ3n) is 19.2. The summed E-state index contributed by atoms with van der Waals surface area (Å²) < 4.78 is 17.8. The van der Waals surface area contributed by atoms with Crippen molar-refractivity contribution in [3.05, 3.63) is 65.7 Å². The summed E-state index contributed by atoms with van der Waals surface area (Å²) in [4.78, 5) is 167. The number of nitrogens with one attached hydrogen (secondary N) is 8. The minimum Gasteiger partial charge on any atom is -0.445 e. The molecular formula is C73H117N13O17S. The summed E-state index contributed by atoms with van der Waals surface area (Å²) in [6.45, 7) is 18.9. The molecule has 104 heavy (non-hydrogen) atoms. The van der Waals surface area contributed by atoms with Crippen molar-refractivity contribution >= 4 is 88.6 Å². The summed E-state index contributed by atoms with van der Waals surface area (Å²) in [5.41, 5.74) is 8.68. The van der Waals surface area contributed by atoms with Crippen molar-refractivity contribution in [2.24, 2.45) is 35.3 Å². The molecule has 582 valence electrons. The lowest BCUT2D eigenvalue weighted by atomic mass is 9.89. The number of amides is 13. The number of ether oxygens (including phenoxy) is 3. The van der Waals surface area contributed by atoms with Gasteiger partial charge >= 0.3 is 12.1 Å². The number of hydroxylamine groups is 1. The van der Waals surface area contributed by atoms with E-state index in [4.69, 9.17) is 25.2 Å². The van der Waals surface area contributed by atoms with E-state index >= 15 is 0 Å². The molecule has 13 atom stereocenters. The second-order valence-electron chi connectivity index (χ2n) is 28.1. The SMILES string of the molecule is CC[C@H](C)[C@@H]([C@@H](CC(=O)N1CCC[C@H]1[C@H](OC)[C@@H](C)C(=O)N[C@H](C)[C@@H](O)c1ccccc1)OC)N(C)C(=O)C(NC(=O)[C@H](C(C)C)N(C)C(=O)OCc1ccc(NC(=O)[C@H](CCCNC(N)=O)NC(=O)[C@@H](NC(=O)CCCCCN2C(=O)CC(SCCNC(=O)CCNO)C2=O)C(C)C)cc1)C(C)C. The number of benzene rings is 2. The molecule has 13 amide bonds. The number of aliphatic hydroxyl groups is 1. The average Bonchev–Trinajstić information content (AvgIpc) is 1.40. The first-order valence-corrected chi connectivity index (χ1v) is 37.3. The Balaban J connectivity index is 1.34. The summed E-state index contributed by atoms with van der Waals surface area (Å²) in [5.74, 6) is -5.86. The average molecular weight is 1480 g/mol. The molecule has 2 fully saturated rings. The van der Waals surface area contributed by atoms with Gasteiger partial charge < -0.3 is 77.3 Å². The van der Waals surface area contributed by atoms with Crippen molar-refractivity contribution in [3.63, 3.8) is 0 Å². The molecule has 2 unspecified atom stereocenters. The maximum absolute atomic E-state index is 14.8. The number of likely N-dealkylation sites (tertiary alicyclic amines) is 2. The number of rotatable bonds is 45. The Morgan fingerprint density at radius 1 is 0.712 bits per heavy atom. The molecule has 0 aliphatic carbocycles. The Kier molecular flexibility index (Phi) is 38.0. The van der Waals surface area contributed by atoms with Gasteiger partial charge in [0.15, 0.2) is 0 Å². The quantitative estimate of drug-likeness (QED) is 0.0247. The van der Waals surface area contributed by atoms with Crippen LogP contribution in [0.1, 0.15) is 164 Å². The highest BCUT2D eigenvalue weighted by Gasteiger charge is 2.45. The summed E-state index contributed by atoms with van der Waals surface area (Å²) in [5, 5.41) is 38.4. The number of likely N-dealkylation sites (N-methyl/N-ethyl adjacent to an activating group) is 2. The fourth-order valence-electron chi connectivity index (χ4n) is 13.1. The first kappa shape index (κ1) is 88.4. The number of thioether (sulfide) groups is 1. The Morgan fingerprint density at radius 3 is 1.99 bits per heavy atom. The minimum atomic E-state index is -1.14. The number of hydrogen-bond donors (Lipinski definition) is 11. The van der Waals surface area contributed by atoms with Gasteiger partial charge in [0.2, 0.25) is 59.1 Å². The largest absolute Gasteiger partial charge is 0.445 e. The number of anilines is 1. The highest BCUT2D eigenvalue weighted by molar-refractivity contribution is 8.00. The van der Waals surface area contributed by atoms with Crippen LogP contribution in [0.4, 0.5) is 15.3 Å². The topological polar surface area (TPSA) is 408 Å². The Morgan fingerprint density at radius 2 is 1.38 bits per heavy atom. The second-order valence-corrected chi connectivity index (χ2v) is 29.4.